The lowest BCUT2D eigenvalue weighted by Crippen LogP contribution is -2.33. The third-order valence-electron chi connectivity index (χ3n) is 3.11. The molecule has 0 heterocycles. The van der Waals surface area contributed by atoms with Crippen LogP contribution in [0.4, 0.5) is 27.6 Å². The molecule has 4 nitrogen and oxygen atoms in total. The SMILES string of the molecule is O=C(NCC(F)(F)F)c1ccc(NC(=O)c2cc(F)c(F)cc2Cl)cc1. The number of nitrogens with one attached hydrogen (secondary N) is 2. The average Bonchev–Trinajstić information content (AvgIpc) is 2.56. The highest BCUT2D eigenvalue weighted by Gasteiger charge is 2.27. The van der Waals surface area contributed by atoms with Gasteiger partial charge in [-0.1, -0.05) is 11.6 Å². The Kier molecular flexibility index (Phi) is 5.81. The molecular weight excluding hydrogens is 383 g/mol. The smallest absolute Gasteiger partial charge is 0.343 e. The molecule has 26 heavy (non-hydrogen) atoms. The summed E-state index contributed by atoms with van der Waals surface area (Å²) >= 11 is 5.69. The Labute approximate surface area is 149 Å². The molecule has 2 amide bonds. The van der Waals surface area contributed by atoms with Gasteiger partial charge in [0, 0.05) is 11.3 Å². The first-order valence-corrected chi connectivity index (χ1v) is 7.35. The monoisotopic (exact) mass is 392 g/mol. The van der Waals surface area contributed by atoms with Gasteiger partial charge >= 0.3 is 6.18 Å². The van der Waals surface area contributed by atoms with E-state index in [1.54, 1.807) is 5.32 Å². The molecule has 0 atom stereocenters. The van der Waals surface area contributed by atoms with E-state index in [2.05, 4.69) is 5.32 Å². The van der Waals surface area contributed by atoms with Crippen LogP contribution >= 0.6 is 11.6 Å². The number of benzene rings is 2. The van der Waals surface area contributed by atoms with Gasteiger partial charge in [-0.3, -0.25) is 9.59 Å². The molecule has 0 aliphatic rings. The van der Waals surface area contributed by atoms with E-state index in [9.17, 15) is 31.5 Å². The number of carbonyl (C=O) groups is 2. The summed E-state index contributed by atoms with van der Waals surface area (Å²) in [5.74, 6) is -4.23. The number of amides is 2. The molecule has 2 rings (SSSR count). The molecule has 0 aromatic heterocycles. The first kappa shape index (κ1) is 19.6. The molecule has 138 valence electrons. The zero-order valence-corrected chi connectivity index (χ0v) is 13.5. The average molecular weight is 393 g/mol. The summed E-state index contributed by atoms with van der Waals surface area (Å²) in [5, 5.41) is 3.74. The Bertz CT molecular complexity index is 838. The van der Waals surface area contributed by atoms with Crippen LogP contribution in [0, 0.1) is 11.6 Å². The zero-order valence-electron chi connectivity index (χ0n) is 12.8. The van der Waals surface area contributed by atoms with E-state index in [0.717, 1.165) is 0 Å². The Morgan fingerprint density at radius 3 is 2.12 bits per heavy atom. The van der Waals surface area contributed by atoms with Crippen molar-refractivity contribution in [3.05, 3.63) is 64.2 Å². The van der Waals surface area contributed by atoms with Crippen molar-refractivity contribution in [3.63, 3.8) is 0 Å². The molecule has 0 fully saturated rings. The minimum Gasteiger partial charge on any atom is -0.343 e. The minimum absolute atomic E-state index is 0.0573. The standard InChI is InChI=1S/C16H10ClF5N2O2/c17-11-6-13(19)12(18)5-10(11)15(26)24-9-3-1-8(2-4-9)14(25)23-7-16(20,21)22/h1-6H,7H2,(H,23,25)(H,24,26). The first-order valence-electron chi connectivity index (χ1n) is 6.98. The molecule has 0 radical (unpaired) electrons. The van der Waals surface area contributed by atoms with Gasteiger partial charge in [0.05, 0.1) is 10.6 Å². The molecule has 2 aromatic rings. The Morgan fingerprint density at radius 1 is 0.962 bits per heavy atom. The topological polar surface area (TPSA) is 58.2 Å². The third-order valence-corrected chi connectivity index (χ3v) is 3.42. The van der Waals surface area contributed by atoms with Crippen LogP contribution in [0.3, 0.4) is 0 Å². The van der Waals surface area contributed by atoms with E-state index >= 15 is 0 Å². The van der Waals surface area contributed by atoms with E-state index in [1.807, 2.05) is 0 Å². The zero-order chi connectivity index (χ0) is 19.5. The van der Waals surface area contributed by atoms with E-state index < -0.39 is 36.2 Å². The number of anilines is 1. The van der Waals surface area contributed by atoms with Crippen LogP contribution in [-0.4, -0.2) is 24.5 Å². The van der Waals surface area contributed by atoms with Crippen molar-refractivity contribution in [2.75, 3.05) is 11.9 Å². The normalized spacial score (nSPS) is 11.2. The summed E-state index contributed by atoms with van der Waals surface area (Å²) < 4.78 is 62.4. The summed E-state index contributed by atoms with van der Waals surface area (Å²) in [4.78, 5) is 23.6. The lowest BCUT2D eigenvalue weighted by molar-refractivity contribution is -0.123. The molecule has 0 aliphatic heterocycles. The molecular formula is C16H10ClF5N2O2. The molecule has 0 saturated heterocycles. The van der Waals surface area contributed by atoms with E-state index in [4.69, 9.17) is 11.6 Å². The fraction of sp³-hybridized carbons (Fsp3) is 0.125. The predicted octanol–water partition coefficient (Wildman–Crippen LogP) is 4.16. The number of halogens is 6. The van der Waals surface area contributed by atoms with Gasteiger partial charge in [-0.05, 0) is 36.4 Å². The van der Waals surface area contributed by atoms with Gasteiger partial charge in [-0.25, -0.2) is 8.78 Å². The van der Waals surface area contributed by atoms with Crippen LogP contribution < -0.4 is 10.6 Å². The lowest BCUT2D eigenvalue weighted by atomic mass is 10.1. The maximum absolute atomic E-state index is 13.2. The second kappa shape index (κ2) is 7.69. The summed E-state index contributed by atoms with van der Waals surface area (Å²) in [7, 11) is 0. The van der Waals surface area contributed by atoms with Gasteiger partial charge < -0.3 is 10.6 Å². The van der Waals surface area contributed by atoms with Crippen molar-refractivity contribution in [1.29, 1.82) is 0 Å². The molecule has 10 heteroatoms. The van der Waals surface area contributed by atoms with Gasteiger partial charge in [0.25, 0.3) is 11.8 Å². The van der Waals surface area contributed by atoms with Crippen molar-refractivity contribution >= 4 is 29.1 Å². The molecule has 0 saturated carbocycles. The van der Waals surface area contributed by atoms with Crippen LogP contribution in [0.2, 0.25) is 5.02 Å². The summed E-state index contributed by atoms with van der Waals surface area (Å²) in [6.07, 6.45) is -4.53. The molecule has 0 bridgehead atoms. The van der Waals surface area contributed by atoms with E-state index in [1.165, 1.54) is 24.3 Å². The Balaban J connectivity index is 2.06. The molecule has 0 spiro atoms. The summed E-state index contributed by atoms with van der Waals surface area (Å²) in [5.41, 5.74) is -0.196. The summed E-state index contributed by atoms with van der Waals surface area (Å²) in [6.45, 7) is -1.47. The number of rotatable bonds is 4. The number of hydrogen-bond acceptors (Lipinski definition) is 2. The fourth-order valence-electron chi connectivity index (χ4n) is 1.88. The van der Waals surface area contributed by atoms with Gasteiger partial charge in [0.2, 0.25) is 0 Å². The van der Waals surface area contributed by atoms with Gasteiger partial charge in [-0.15, -0.1) is 0 Å². The quantitative estimate of drug-likeness (QED) is 0.606. The second-order valence-corrected chi connectivity index (χ2v) is 5.48. The van der Waals surface area contributed by atoms with Crippen molar-refractivity contribution in [2.24, 2.45) is 0 Å². The van der Waals surface area contributed by atoms with Crippen molar-refractivity contribution < 1.29 is 31.5 Å². The van der Waals surface area contributed by atoms with Crippen molar-refractivity contribution in [1.82, 2.24) is 5.32 Å². The highest BCUT2D eigenvalue weighted by atomic mass is 35.5. The highest BCUT2D eigenvalue weighted by molar-refractivity contribution is 6.34. The van der Waals surface area contributed by atoms with Crippen LogP contribution in [0.5, 0.6) is 0 Å². The van der Waals surface area contributed by atoms with E-state index in [0.29, 0.717) is 12.1 Å². The van der Waals surface area contributed by atoms with Crippen LogP contribution in [0.15, 0.2) is 36.4 Å². The third kappa shape index (κ3) is 5.16. The number of carbonyl (C=O) groups excluding carboxylic acids is 2. The van der Waals surface area contributed by atoms with Crippen LogP contribution in [0.25, 0.3) is 0 Å². The molecule has 2 N–H and O–H groups in total. The maximum atomic E-state index is 13.2. The molecule has 2 aromatic carbocycles. The predicted molar refractivity (Wildman–Crippen MR) is 84.2 cm³/mol. The van der Waals surface area contributed by atoms with Crippen molar-refractivity contribution in [2.45, 2.75) is 6.18 Å². The largest absolute Gasteiger partial charge is 0.405 e. The van der Waals surface area contributed by atoms with Crippen LogP contribution in [0.1, 0.15) is 20.7 Å². The molecule has 0 aliphatic carbocycles. The van der Waals surface area contributed by atoms with Gasteiger partial charge in [-0.2, -0.15) is 13.2 Å². The minimum atomic E-state index is -4.53. The van der Waals surface area contributed by atoms with Gasteiger partial charge in [0.15, 0.2) is 11.6 Å². The fourth-order valence-corrected chi connectivity index (χ4v) is 2.12. The van der Waals surface area contributed by atoms with Gasteiger partial charge in [0.1, 0.15) is 6.54 Å². The molecule has 0 unspecified atom stereocenters. The maximum Gasteiger partial charge on any atom is 0.405 e. The lowest BCUT2D eigenvalue weighted by Gasteiger charge is -2.10. The summed E-state index contributed by atoms with van der Waals surface area (Å²) in [6, 6.07) is 6.18. The number of alkyl halides is 3. The Hall–Kier alpha value is -2.68. The van der Waals surface area contributed by atoms with Crippen LogP contribution in [-0.2, 0) is 0 Å². The second-order valence-electron chi connectivity index (χ2n) is 5.08. The van der Waals surface area contributed by atoms with E-state index in [-0.39, 0.29) is 21.8 Å². The first-order chi connectivity index (χ1) is 12.1. The highest BCUT2D eigenvalue weighted by Crippen LogP contribution is 2.21. The Morgan fingerprint density at radius 2 is 1.54 bits per heavy atom. The number of hydrogen-bond donors (Lipinski definition) is 2. The van der Waals surface area contributed by atoms with Crippen molar-refractivity contribution in [3.8, 4) is 0 Å².